The Labute approximate surface area is 75.9 Å². The molecule has 2 N–H and O–H groups in total. The highest BCUT2D eigenvalue weighted by atomic mass is 16.5. The third kappa shape index (κ3) is 1.25. The number of methoxy groups -OCH3 is 1. The summed E-state index contributed by atoms with van der Waals surface area (Å²) in [6.07, 6.45) is 0. The van der Waals surface area contributed by atoms with Gasteiger partial charge in [0.15, 0.2) is 5.82 Å². The van der Waals surface area contributed by atoms with E-state index in [0.717, 1.165) is 10.9 Å². The van der Waals surface area contributed by atoms with E-state index in [1.54, 1.807) is 11.8 Å². The maximum absolute atomic E-state index is 5.72. The summed E-state index contributed by atoms with van der Waals surface area (Å²) >= 11 is 0. The van der Waals surface area contributed by atoms with Gasteiger partial charge in [0.1, 0.15) is 6.73 Å². The van der Waals surface area contributed by atoms with Gasteiger partial charge < -0.3 is 10.5 Å². The summed E-state index contributed by atoms with van der Waals surface area (Å²) in [5.74, 6) is 0.549. The number of nitrogen functional groups attached to an aromatic ring is 1. The van der Waals surface area contributed by atoms with E-state index in [9.17, 15) is 0 Å². The van der Waals surface area contributed by atoms with Gasteiger partial charge in [0.05, 0.1) is 5.52 Å². The monoisotopic (exact) mass is 177 g/mol. The first-order chi connectivity index (χ1) is 6.33. The van der Waals surface area contributed by atoms with E-state index in [-0.39, 0.29) is 0 Å². The number of anilines is 1. The van der Waals surface area contributed by atoms with E-state index >= 15 is 0 Å². The van der Waals surface area contributed by atoms with Gasteiger partial charge in [-0.2, -0.15) is 5.10 Å². The third-order valence-corrected chi connectivity index (χ3v) is 1.94. The summed E-state index contributed by atoms with van der Waals surface area (Å²) < 4.78 is 6.73. The Balaban J connectivity index is 2.63. The molecule has 2 aromatic rings. The Morgan fingerprint density at radius 2 is 2.23 bits per heavy atom. The minimum Gasteiger partial charge on any atom is -0.382 e. The van der Waals surface area contributed by atoms with Crippen LogP contribution in [0.5, 0.6) is 0 Å². The maximum atomic E-state index is 5.72. The van der Waals surface area contributed by atoms with E-state index in [4.69, 9.17) is 10.5 Å². The van der Waals surface area contributed by atoms with Crippen LogP contribution in [0.15, 0.2) is 24.3 Å². The molecule has 13 heavy (non-hydrogen) atoms. The first-order valence-electron chi connectivity index (χ1n) is 4.03. The standard InChI is InChI=1S/C9H11N3O/c1-13-6-12-8-5-3-2-4-7(8)9(10)11-12/h2-5H,6H2,1H3,(H2,10,11). The number of nitrogens with zero attached hydrogens (tertiary/aromatic N) is 2. The lowest BCUT2D eigenvalue weighted by Crippen LogP contribution is -2.01. The Morgan fingerprint density at radius 1 is 1.46 bits per heavy atom. The lowest BCUT2D eigenvalue weighted by molar-refractivity contribution is 0.124. The molecule has 1 heterocycles. The molecule has 0 unspecified atom stereocenters. The van der Waals surface area contributed by atoms with Crippen LogP contribution in [0.2, 0.25) is 0 Å². The minimum atomic E-state index is 0.428. The summed E-state index contributed by atoms with van der Waals surface area (Å²) in [6.45, 7) is 0.428. The molecule has 1 aromatic carbocycles. The summed E-state index contributed by atoms with van der Waals surface area (Å²) in [5.41, 5.74) is 6.72. The van der Waals surface area contributed by atoms with Gasteiger partial charge in [-0.1, -0.05) is 12.1 Å². The molecule has 0 spiro atoms. The predicted molar refractivity (Wildman–Crippen MR) is 51.2 cm³/mol. The van der Waals surface area contributed by atoms with Gasteiger partial charge in [-0.25, -0.2) is 4.68 Å². The highest BCUT2D eigenvalue weighted by Gasteiger charge is 2.05. The van der Waals surface area contributed by atoms with Gasteiger partial charge in [0.25, 0.3) is 0 Å². The van der Waals surface area contributed by atoms with E-state index in [2.05, 4.69) is 5.10 Å². The van der Waals surface area contributed by atoms with Crippen LogP contribution in [0.4, 0.5) is 5.82 Å². The van der Waals surface area contributed by atoms with Gasteiger partial charge in [-0.15, -0.1) is 0 Å². The second kappa shape index (κ2) is 3.06. The van der Waals surface area contributed by atoms with Crippen LogP contribution in [0.1, 0.15) is 0 Å². The molecule has 0 aliphatic carbocycles. The molecule has 0 amide bonds. The molecule has 2 rings (SSSR count). The molecule has 0 saturated carbocycles. The number of aromatic nitrogens is 2. The molecule has 0 aliphatic heterocycles. The third-order valence-electron chi connectivity index (χ3n) is 1.94. The molecule has 4 heteroatoms. The van der Waals surface area contributed by atoms with Crippen molar-refractivity contribution in [3.05, 3.63) is 24.3 Å². The van der Waals surface area contributed by atoms with Gasteiger partial charge in [0, 0.05) is 12.5 Å². The normalized spacial score (nSPS) is 10.8. The topological polar surface area (TPSA) is 53.1 Å². The van der Waals surface area contributed by atoms with E-state index in [1.807, 2.05) is 24.3 Å². The summed E-state index contributed by atoms with van der Waals surface area (Å²) in [5, 5.41) is 5.12. The molecule has 0 aliphatic rings. The van der Waals surface area contributed by atoms with Gasteiger partial charge in [0.2, 0.25) is 0 Å². The molecular weight excluding hydrogens is 166 g/mol. The molecule has 0 radical (unpaired) electrons. The quantitative estimate of drug-likeness (QED) is 0.750. The molecule has 0 atom stereocenters. The van der Waals surface area contributed by atoms with Crippen molar-refractivity contribution >= 4 is 16.7 Å². The maximum Gasteiger partial charge on any atom is 0.153 e. The van der Waals surface area contributed by atoms with Crippen LogP contribution >= 0.6 is 0 Å². The molecule has 0 fully saturated rings. The zero-order chi connectivity index (χ0) is 9.26. The smallest absolute Gasteiger partial charge is 0.153 e. The average Bonchev–Trinajstić information content (AvgIpc) is 2.46. The Hall–Kier alpha value is -1.55. The second-order valence-corrected chi connectivity index (χ2v) is 2.82. The highest BCUT2D eigenvalue weighted by molar-refractivity contribution is 5.88. The number of benzene rings is 1. The van der Waals surface area contributed by atoms with Gasteiger partial charge in [-0.3, -0.25) is 0 Å². The van der Waals surface area contributed by atoms with Crippen LogP contribution in [0.25, 0.3) is 10.9 Å². The van der Waals surface area contributed by atoms with E-state index in [1.165, 1.54) is 0 Å². The Morgan fingerprint density at radius 3 is 3.00 bits per heavy atom. The fraction of sp³-hybridized carbons (Fsp3) is 0.222. The summed E-state index contributed by atoms with van der Waals surface area (Å²) in [6, 6.07) is 7.81. The number of hydrogen-bond donors (Lipinski definition) is 1. The molecule has 4 nitrogen and oxygen atoms in total. The summed E-state index contributed by atoms with van der Waals surface area (Å²) in [4.78, 5) is 0. The number of ether oxygens (including phenoxy) is 1. The number of fused-ring (bicyclic) bond motifs is 1. The number of rotatable bonds is 2. The first kappa shape index (κ1) is 8.07. The fourth-order valence-electron chi connectivity index (χ4n) is 1.37. The first-order valence-corrected chi connectivity index (χ1v) is 4.03. The Kier molecular flexibility index (Phi) is 1.90. The SMILES string of the molecule is COCn1nc(N)c2ccccc21. The zero-order valence-corrected chi connectivity index (χ0v) is 7.40. The number of para-hydroxylation sites is 1. The van der Waals surface area contributed by atoms with E-state index in [0.29, 0.717) is 12.5 Å². The van der Waals surface area contributed by atoms with Crippen molar-refractivity contribution in [3.63, 3.8) is 0 Å². The zero-order valence-electron chi connectivity index (χ0n) is 7.40. The van der Waals surface area contributed by atoms with Crippen molar-refractivity contribution in [2.75, 3.05) is 12.8 Å². The van der Waals surface area contributed by atoms with Crippen molar-refractivity contribution in [2.45, 2.75) is 6.73 Å². The fourth-order valence-corrected chi connectivity index (χ4v) is 1.37. The number of hydrogen-bond acceptors (Lipinski definition) is 3. The Bertz CT molecular complexity index is 422. The highest BCUT2D eigenvalue weighted by Crippen LogP contribution is 2.19. The molecule has 0 bridgehead atoms. The van der Waals surface area contributed by atoms with Gasteiger partial charge in [-0.05, 0) is 12.1 Å². The van der Waals surface area contributed by atoms with Crippen molar-refractivity contribution in [3.8, 4) is 0 Å². The molecule has 0 saturated heterocycles. The second-order valence-electron chi connectivity index (χ2n) is 2.82. The van der Waals surface area contributed by atoms with E-state index < -0.39 is 0 Å². The lowest BCUT2D eigenvalue weighted by atomic mass is 10.2. The number of nitrogens with two attached hydrogens (primary N) is 1. The molecular formula is C9H11N3O. The van der Waals surface area contributed by atoms with Crippen LogP contribution in [-0.4, -0.2) is 16.9 Å². The largest absolute Gasteiger partial charge is 0.382 e. The van der Waals surface area contributed by atoms with Crippen LogP contribution in [-0.2, 0) is 11.5 Å². The minimum absolute atomic E-state index is 0.428. The molecule has 1 aromatic heterocycles. The molecule has 68 valence electrons. The van der Waals surface area contributed by atoms with Gasteiger partial charge >= 0.3 is 0 Å². The van der Waals surface area contributed by atoms with Crippen molar-refractivity contribution in [1.82, 2.24) is 9.78 Å². The van der Waals surface area contributed by atoms with Crippen molar-refractivity contribution < 1.29 is 4.74 Å². The van der Waals surface area contributed by atoms with Crippen LogP contribution in [0, 0.1) is 0 Å². The predicted octanol–water partition coefficient (Wildman–Crippen LogP) is 1.22. The van der Waals surface area contributed by atoms with Crippen molar-refractivity contribution in [1.29, 1.82) is 0 Å². The van der Waals surface area contributed by atoms with Crippen LogP contribution in [0.3, 0.4) is 0 Å². The summed E-state index contributed by atoms with van der Waals surface area (Å²) in [7, 11) is 1.63. The average molecular weight is 177 g/mol. The van der Waals surface area contributed by atoms with Crippen molar-refractivity contribution in [2.24, 2.45) is 0 Å². The van der Waals surface area contributed by atoms with Crippen LogP contribution < -0.4 is 5.73 Å². The lowest BCUT2D eigenvalue weighted by Gasteiger charge is -1.99.